The molecule has 0 aromatic heterocycles. The number of carboxylic acid groups (broad SMARTS) is 1. The van der Waals surface area contributed by atoms with Crippen molar-refractivity contribution in [1.82, 2.24) is 4.90 Å². The smallest absolute Gasteiger partial charge is 0.306 e. The van der Waals surface area contributed by atoms with Crippen LogP contribution < -0.4 is 0 Å². The van der Waals surface area contributed by atoms with Crippen LogP contribution in [-0.4, -0.2) is 34.1 Å². The number of rotatable bonds is 5. The summed E-state index contributed by atoms with van der Waals surface area (Å²) in [6, 6.07) is 1.44. The summed E-state index contributed by atoms with van der Waals surface area (Å²) in [6.45, 7) is 11.0. The lowest BCUT2D eigenvalue weighted by Crippen LogP contribution is -2.52. The predicted octanol–water partition coefficient (Wildman–Crippen LogP) is 3.38. The van der Waals surface area contributed by atoms with Crippen molar-refractivity contribution in [2.45, 2.75) is 78.4 Å². The van der Waals surface area contributed by atoms with E-state index >= 15 is 0 Å². The quantitative estimate of drug-likeness (QED) is 0.818. The Balaban J connectivity index is 2.87. The number of nitrogens with zero attached hydrogens (tertiary/aromatic N) is 1. The molecule has 0 bridgehead atoms. The van der Waals surface area contributed by atoms with E-state index in [4.69, 9.17) is 0 Å². The zero-order valence-corrected chi connectivity index (χ0v) is 12.5. The van der Waals surface area contributed by atoms with Gasteiger partial charge in [0.2, 0.25) is 0 Å². The second-order valence-electron chi connectivity index (χ2n) is 6.10. The zero-order chi connectivity index (χ0) is 13.9. The molecular weight excluding hydrogens is 226 g/mol. The SMILES string of the molecule is CCC(C)N(C(C)C)C1CCCC(C(=O)O)C1C. The van der Waals surface area contributed by atoms with Gasteiger partial charge >= 0.3 is 5.97 Å². The Bertz CT molecular complexity index is 278. The molecule has 0 heterocycles. The third-order valence-electron chi connectivity index (χ3n) is 4.65. The first-order valence-corrected chi connectivity index (χ1v) is 7.40. The number of hydrogen-bond donors (Lipinski definition) is 1. The number of carbonyl (C=O) groups is 1. The van der Waals surface area contributed by atoms with E-state index in [1.54, 1.807) is 0 Å². The molecule has 4 unspecified atom stereocenters. The van der Waals surface area contributed by atoms with Gasteiger partial charge in [-0.25, -0.2) is 0 Å². The first-order chi connectivity index (χ1) is 8.40. The highest BCUT2D eigenvalue weighted by Gasteiger charge is 2.39. The van der Waals surface area contributed by atoms with Crippen LogP contribution >= 0.6 is 0 Å². The molecule has 1 aliphatic rings. The van der Waals surface area contributed by atoms with E-state index in [0.29, 0.717) is 18.1 Å². The minimum absolute atomic E-state index is 0.158. The fourth-order valence-corrected chi connectivity index (χ4v) is 3.54. The molecule has 0 saturated heterocycles. The average Bonchev–Trinajstić information content (AvgIpc) is 2.30. The normalized spacial score (nSPS) is 30.7. The van der Waals surface area contributed by atoms with Crippen molar-refractivity contribution in [2.75, 3.05) is 0 Å². The van der Waals surface area contributed by atoms with Gasteiger partial charge in [0.1, 0.15) is 0 Å². The van der Waals surface area contributed by atoms with Crippen molar-refractivity contribution in [2.24, 2.45) is 11.8 Å². The van der Waals surface area contributed by atoms with Crippen molar-refractivity contribution >= 4 is 5.97 Å². The van der Waals surface area contributed by atoms with Crippen LogP contribution in [0.2, 0.25) is 0 Å². The fraction of sp³-hybridized carbons (Fsp3) is 0.933. The number of carboxylic acids is 1. The van der Waals surface area contributed by atoms with Crippen LogP contribution in [0, 0.1) is 11.8 Å². The first-order valence-electron chi connectivity index (χ1n) is 7.40. The Morgan fingerprint density at radius 3 is 2.39 bits per heavy atom. The van der Waals surface area contributed by atoms with Gasteiger partial charge in [-0.2, -0.15) is 0 Å². The minimum Gasteiger partial charge on any atom is -0.481 e. The first kappa shape index (κ1) is 15.5. The van der Waals surface area contributed by atoms with Gasteiger partial charge in [0.15, 0.2) is 0 Å². The summed E-state index contributed by atoms with van der Waals surface area (Å²) in [5.74, 6) is -0.512. The summed E-state index contributed by atoms with van der Waals surface area (Å²) in [6.07, 6.45) is 4.16. The molecule has 3 nitrogen and oxygen atoms in total. The molecule has 1 saturated carbocycles. The summed E-state index contributed by atoms with van der Waals surface area (Å²) in [5, 5.41) is 9.32. The van der Waals surface area contributed by atoms with E-state index in [1.165, 1.54) is 0 Å². The topological polar surface area (TPSA) is 40.5 Å². The van der Waals surface area contributed by atoms with Gasteiger partial charge < -0.3 is 5.11 Å². The monoisotopic (exact) mass is 255 g/mol. The molecule has 1 rings (SSSR count). The summed E-state index contributed by atoms with van der Waals surface area (Å²) in [7, 11) is 0. The molecule has 1 N–H and O–H groups in total. The van der Waals surface area contributed by atoms with Crippen molar-refractivity contribution < 1.29 is 9.90 Å². The van der Waals surface area contributed by atoms with Crippen LogP contribution in [0.4, 0.5) is 0 Å². The van der Waals surface area contributed by atoms with Gasteiger partial charge in [-0.3, -0.25) is 9.69 Å². The van der Waals surface area contributed by atoms with Gasteiger partial charge in [0.05, 0.1) is 5.92 Å². The second-order valence-corrected chi connectivity index (χ2v) is 6.10. The highest BCUT2D eigenvalue weighted by atomic mass is 16.4. The lowest BCUT2D eigenvalue weighted by molar-refractivity contribution is -0.146. The molecule has 1 fully saturated rings. The molecule has 106 valence electrons. The molecule has 0 amide bonds. The van der Waals surface area contributed by atoms with Crippen LogP contribution in [0.15, 0.2) is 0 Å². The second kappa shape index (κ2) is 6.55. The van der Waals surface area contributed by atoms with Crippen LogP contribution in [0.1, 0.15) is 60.3 Å². The lowest BCUT2D eigenvalue weighted by Gasteiger charge is -2.46. The fourth-order valence-electron chi connectivity index (χ4n) is 3.54. The van der Waals surface area contributed by atoms with E-state index < -0.39 is 5.97 Å². The molecule has 3 heteroatoms. The maximum atomic E-state index is 11.3. The van der Waals surface area contributed by atoms with Crippen LogP contribution in [0.3, 0.4) is 0 Å². The number of aliphatic carboxylic acids is 1. The highest BCUT2D eigenvalue weighted by Crippen LogP contribution is 2.35. The minimum atomic E-state index is -0.611. The van der Waals surface area contributed by atoms with E-state index in [1.807, 2.05) is 0 Å². The third-order valence-corrected chi connectivity index (χ3v) is 4.65. The maximum Gasteiger partial charge on any atom is 0.306 e. The maximum absolute atomic E-state index is 11.3. The van der Waals surface area contributed by atoms with Crippen molar-refractivity contribution in [1.29, 1.82) is 0 Å². The van der Waals surface area contributed by atoms with E-state index in [2.05, 4.69) is 39.5 Å². The molecule has 4 atom stereocenters. The molecular formula is C15H29NO2. The Hall–Kier alpha value is -0.570. The standard InChI is InChI=1S/C15H29NO2/c1-6-11(4)16(10(2)3)14-9-7-8-13(12(14)5)15(17)18/h10-14H,6-9H2,1-5H3,(H,17,18). The Kier molecular flexibility index (Phi) is 5.64. The largest absolute Gasteiger partial charge is 0.481 e. The zero-order valence-electron chi connectivity index (χ0n) is 12.5. The van der Waals surface area contributed by atoms with Crippen molar-refractivity contribution in [3.63, 3.8) is 0 Å². The van der Waals surface area contributed by atoms with Gasteiger partial charge in [-0.1, -0.05) is 20.3 Å². The summed E-state index contributed by atoms with van der Waals surface area (Å²) in [4.78, 5) is 13.9. The van der Waals surface area contributed by atoms with E-state index in [-0.39, 0.29) is 11.8 Å². The molecule has 1 aliphatic carbocycles. The number of hydrogen-bond acceptors (Lipinski definition) is 2. The summed E-state index contributed by atoms with van der Waals surface area (Å²) >= 11 is 0. The highest BCUT2D eigenvalue weighted by molar-refractivity contribution is 5.70. The molecule has 18 heavy (non-hydrogen) atoms. The van der Waals surface area contributed by atoms with Crippen molar-refractivity contribution in [3.05, 3.63) is 0 Å². The van der Waals surface area contributed by atoms with Crippen LogP contribution in [-0.2, 0) is 4.79 Å². The predicted molar refractivity (Wildman–Crippen MR) is 74.7 cm³/mol. The summed E-state index contributed by atoms with van der Waals surface area (Å²) in [5.41, 5.74) is 0. The van der Waals surface area contributed by atoms with Gasteiger partial charge in [-0.05, 0) is 46.0 Å². The lowest BCUT2D eigenvalue weighted by atomic mass is 9.75. The molecule has 0 radical (unpaired) electrons. The van der Waals surface area contributed by atoms with Crippen molar-refractivity contribution in [3.8, 4) is 0 Å². The van der Waals surface area contributed by atoms with E-state index in [9.17, 15) is 9.90 Å². The van der Waals surface area contributed by atoms with E-state index in [0.717, 1.165) is 25.7 Å². The van der Waals surface area contributed by atoms with Gasteiger partial charge in [-0.15, -0.1) is 0 Å². The molecule has 0 spiro atoms. The Morgan fingerprint density at radius 2 is 1.94 bits per heavy atom. The van der Waals surface area contributed by atoms with Gasteiger partial charge in [0.25, 0.3) is 0 Å². The van der Waals surface area contributed by atoms with Crippen LogP contribution in [0.5, 0.6) is 0 Å². The molecule has 0 aromatic carbocycles. The Morgan fingerprint density at radius 1 is 1.33 bits per heavy atom. The molecule has 0 aromatic rings. The Labute approximate surface area is 112 Å². The van der Waals surface area contributed by atoms with Gasteiger partial charge in [0, 0.05) is 18.1 Å². The van der Waals surface area contributed by atoms with Crippen LogP contribution in [0.25, 0.3) is 0 Å². The third kappa shape index (κ3) is 3.25. The average molecular weight is 255 g/mol. The molecule has 0 aliphatic heterocycles. The summed E-state index contributed by atoms with van der Waals surface area (Å²) < 4.78 is 0.